The average molecular weight is 449 g/mol. The van der Waals surface area contributed by atoms with Gasteiger partial charge in [0.1, 0.15) is 5.60 Å². The minimum Gasteiger partial charge on any atom is -0.463 e. The lowest BCUT2D eigenvalue weighted by molar-refractivity contribution is -0.138. The van der Waals surface area contributed by atoms with Gasteiger partial charge in [-0.25, -0.2) is 9.59 Å². The quantitative estimate of drug-likeness (QED) is 0.272. The van der Waals surface area contributed by atoms with Crippen molar-refractivity contribution >= 4 is 28.1 Å². The van der Waals surface area contributed by atoms with Crippen molar-refractivity contribution in [3.05, 3.63) is 47.0 Å². The molecule has 0 spiro atoms. The molecule has 0 saturated heterocycles. The van der Waals surface area contributed by atoms with Gasteiger partial charge in [0.05, 0.1) is 12.2 Å². The van der Waals surface area contributed by atoms with Crippen molar-refractivity contribution in [2.45, 2.75) is 84.2 Å². The van der Waals surface area contributed by atoms with Crippen LogP contribution in [0, 0.1) is 0 Å². The number of rotatable bonds is 8. The highest BCUT2D eigenvalue weighted by atomic mass is 28.4. The van der Waals surface area contributed by atoms with E-state index in [0.29, 0.717) is 22.9 Å². The van der Waals surface area contributed by atoms with Crippen LogP contribution in [-0.2, 0) is 20.7 Å². The molecule has 1 aromatic rings. The van der Waals surface area contributed by atoms with Crippen LogP contribution in [0.3, 0.4) is 0 Å². The first-order chi connectivity index (χ1) is 13.5. The van der Waals surface area contributed by atoms with Gasteiger partial charge in [0.2, 0.25) is 0 Å². The highest BCUT2D eigenvalue weighted by molar-refractivity contribution is 6.96. The molecule has 168 valence electrons. The summed E-state index contributed by atoms with van der Waals surface area (Å²) < 4.78 is 10.8. The second kappa shape index (κ2) is 9.64. The third kappa shape index (κ3) is 7.54. The first kappa shape index (κ1) is 26.4. The predicted molar refractivity (Wildman–Crippen MR) is 131 cm³/mol. The van der Waals surface area contributed by atoms with E-state index in [4.69, 9.17) is 9.47 Å². The van der Waals surface area contributed by atoms with E-state index in [1.165, 1.54) is 5.56 Å². The Morgan fingerprint density at radius 1 is 1.03 bits per heavy atom. The number of hydrogen-bond donors (Lipinski definition) is 0. The van der Waals surface area contributed by atoms with Crippen molar-refractivity contribution in [3.8, 4) is 0 Å². The van der Waals surface area contributed by atoms with Gasteiger partial charge in [-0.2, -0.15) is 0 Å². The van der Waals surface area contributed by atoms with Crippen molar-refractivity contribution < 1.29 is 19.1 Å². The molecule has 0 N–H and O–H groups in total. The van der Waals surface area contributed by atoms with E-state index in [1.807, 2.05) is 32.9 Å². The van der Waals surface area contributed by atoms with Crippen LogP contribution in [0.25, 0.3) is 0 Å². The fourth-order valence-electron chi connectivity index (χ4n) is 4.29. The number of benzene rings is 1. The molecule has 1 rings (SSSR count). The maximum Gasteiger partial charge on any atom is 0.338 e. The van der Waals surface area contributed by atoms with Crippen molar-refractivity contribution in [1.29, 1.82) is 0 Å². The van der Waals surface area contributed by atoms with E-state index in [-0.39, 0.29) is 12.4 Å². The Kier molecular flexibility index (Phi) is 8.48. The molecule has 0 aliphatic rings. The first-order valence-electron chi connectivity index (χ1n) is 10.7. The number of esters is 2. The average Bonchev–Trinajstić information content (AvgIpc) is 2.52. The third-order valence-electron chi connectivity index (χ3n) is 4.79. The summed E-state index contributed by atoms with van der Waals surface area (Å²) in [6, 6.07) is 6.10. The molecule has 0 bridgehead atoms. The van der Waals surface area contributed by atoms with E-state index >= 15 is 0 Å². The largest absolute Gasteiger partial charge is 0.463 e. The summed E-state index contributed by atoms with van der Waals surface area (Å²) >= 11 is 0. The van der Waals surface area contributed by atoms with E-state index in [0.717, 1.165) is 5.56 Å². The highest BCUT2D eigenvalue weighted by Crippen LogP contribution is 2.37. The smallest absolute Gasteiger partial charge is 0.338 e. The lowest BCUT2D eigenvalue weighted by atomic mass is 9.98. The summed E-state index contributed by atoms with van der Waals surface area (Å²) in [6.07, 6.45) is 0.262. The van der Waals surface area contributed by atoms with Gasteiger partial charge in [0.15, 0.2) is 0 Å². The lowest BCUT2D eigenvalue weighted by Crippen LogP contribution is -2.46. The van der Waals surface area contributed by atoms with Crippen LogP contribution in [0.2, 0.25) is 39.3 Å². The van der Waals surface area contributed by atoms with E-state index in [2.05, 4.69) is 51.9 Å². The zero-order chi connectivity index (χ0) is 23.5. The van der Waals surface area contributed by atoms with Crippen LogP contribution in [0.15, 0.2) is 30.4 Å². The van der Waals surface area contributed by atoms with Gasteiger partial charge in [-0.15, -0.1) is 0 Å². The maximum absolute atomic E-state index is 13.1. The van der Waals surface area contributed by atoms with Gasteiger partial charge in [-0.3, -0.25) is 0 Å². The van der Waals surface area contributed by atoms with Gasteiger partial charge in [-0.05, 0) is 50.1 Å². The number of carbonyl (C=O) groups excluding carboxylic acids is 2. The van der Waals surface area contributed by atoms with Crippen molar-refractivity contribution in [2.24, 2.45) is 0 Å². The van der Waals surface area contributed by atoms with Gasteiger partial charge >= 0.3 is 11.9 Å². The molecule has 0 aromatic heterocycles. The Balaban J connectivity index is 3.52. The molecule has 0 heterocycles. The van der Waals surface area contributed by atoms with Crippen LogP contribution in [-0.4, -0.2) is 40.3 Å². The summed E-state index contributed by atoms with van der Waals surface area (Å²) in [4.78, 5) is 25.2. The van der Waals surface area contributed by atoms with Crippen LogP contribution >= 0.6 is 0 Å². The van der Waals surface area contributed by atoms with Gasteiger partial charge in [0.25, 0.3) is 0 Å². The summed E-state index contributed by atoms with van der Waals surface area (Å²) in [7, 11) is -3.05. The number of hydrogen-bond acceptors (Lipinski definition) is 4. The normalized spacial score (nSPS) is 12.6. The minimum atomic E-state index is -1.53. The van der Waals surface area contributed by atoms with Gasteiger partial charge in [-0.1, -0.05) is 58.0 Å². The Labute approximate surface area is 185 Å². The molecule has 30 heavy (non-hydrogen) atoms. The number of carbonyl (C=O) groups is 2. The van der Waals surface area contributed by atoms with Crippen LogP contribution in [0.5, 0.6) is 0 Å². The molecular formula is C24H40O4Si2. The zero-order valence-corrected chi connectivity index (χ0v) is 22.6. The second-order valence-corrected chi connectivity index (χ2v) is 22.3. The third-order valence-corrected chi connectivity index (χ3v) is 14.1. The second-order valence-electron chi connectivity index (χ2n) is 11.1. The molecule has 0 unspecified atom stereocenters. The highest BCUT2D eigenvalue weighted by Gasteiger charge is 2.39. The molecule has 4 nitrogen and oxygen atoms in total. The molecule has 0 atom stereocenters. The monoisotopic (exact) mass is 448 g/mol. The Hall–Kier alpha value is -1.67. The fraction of sp³-hybridized carbons (Fsp3) is 0.583. The van der Waals surface area contributed by atoms with Crippen molar-refractivity contribution in [3.63, 3.8) is 0 Å². The summed E-state index contributed by atoms with van der Waals surface area (Å²) in [5, 5.41) is 0.494. The lowest BCUT2D eigenvalue weighted by Gasteiger charge is -2.39. The topological polar surface area (TPSA) is 52.6 Å². The fourth-order valence-corrected chi connectivity index (χ4v) is 17.0. The molecular weight excluding hydrogens is 408 g/mol. The van der Waals surface area contributed by atoms with Crippen molar-refractivity contribution in [1.82, 2.24) is 0 Å². The minimum absolute atomic E-state index is 0.262. The molecule has 0 aliphatic carbocycles. The molecule has 0 amide bonds. The summed E-state index contributed by atoms with van der Waals surface area (Å²) in [6.45, 7) is 25.8. The Morgan fingerprint density at radius 3 is 2.00 bits per heavy atom. The number of ether oxygens (including phenoxy) is 2. The zero-order valence-electron chi connectivity index (χ0n) is 20.6. The predicted octanol–water partition coefficient (Wildman–Crippen LogP) is 6.14. The van der Waals surface area contributed by atoms with Crippen molar-refractivity contribution in [2.75, 3.05) is 6.61 Å². The van der Waals surface area contributed by atoms with Gasteiger partial charge in [0, 0.05) is 28.1 Å². The Bertz CT molecular complexity index is 779. The van der Waals surface area contributed by atoms with Gasteiger partial charge < -0.3 is 9.47 Å². The molecule has 0 fully saturated rings. The first-order valence-corrected chi connectivity index (χ1v) is 17.8. The van der Waals surface area contributed by atoms with Crippen LogP contribution < -0.4 is 0 Å². The molecule has 0 saturated carbocycles. The summed E-state index contributed by atoms with van der Waals surface area (Å²) in [5.74, 6) is -0.792. The summed E-state index contributed by atoms with van der Waals surface area (Å²) in [5.41, 5.74) is 2.21. The Morgan fingerprint density at radius 2 is 1.57 bits per heavy atom. The molecule has 1 aromatic carbocycles. The maximum atomic E-state index is 13.1. The standard InChI is InChI=1S/C24H40O4Si2/c1-12-27-21(25)17(2)15-18-13-14-19(23(29(6,7)8)30(9,10)11)16-20(18)22(26)28-24(3,4)5/h13-14,16,23H,2,12,15H2,1,3-11H3. The molecule has 6 heteroatoms. The molecule has 0 radical (unpaired) electrons. The van der Waals surface area contributed by atoms with E-state index < -0.39 is 27.7 Å². The van der Waals surface area contributed by atoms with E-state index in [1.54, 1.807) is 6.92 Å². The van der Waals surface area contributed by atoms with E-state index in [9.17, 15) is 9.59 Å². The van der Waals surface area contributed by atoms with Crippen LogP contribution in [0.1, 0.15) is 54.3 Å². The molecule has 0 aliphatic heterocycles. The van der Waals surface area contributed by atoms with Crippen LogP contribution in [0.4, 0.5) is 0 Å². The SMILES string of the molecule is C=C(Cc1ccc(C([Si](C)(C)C)[Si](C)(C)C)cc1C(=O)OC(C)(C)C)C(=O)OCC.